The summed E-state index contributed by atoms with van der Waals surface area (Å²) in [5.74, 6) is 2.94. The Morgan fingerprint density at radius 2 is 1.62 bits per heavy atom. The zero-order chi connectivity index (χ0) is 22.3. The molecule has 3 aromatic rings. The van der Waals surface area contributed by atoms with Crippen molar-refractivity contribution in [2.45, 2.75) is 37.6 Å². The first-order chi connectivity index (χ1) is 15.7. The highest BCUT2D eigenvalue weighted by Gasteiger charge is 2.29. The molecule has 2 atom stereocenters. The first-order valence-electron chi connectivity index (χ1n) is 11.4. The standard InChI is InChI=1S/C28H33NO3/c1-30-23-11-12-24-22(19-23)10-13-26(25(24)17-20-7-5-4-6-8-20)29-16-15-21-9-14-27(31-2)28(18-21)32-3/h4-9,11-12,14,18-19,25-26,29H,10,13,15-17H2,1-3H3. The van der Waals surface area contributed by atoms with Gasteiger partial charge >= 0.3 is 0 Å². The molecule has 0 radical (unpaired) electrons. The number of nitrogens with one attached hydrogen (secondary N) is 1. The molecule has 0 saturated carbocycles. The predicted molar refractivity (Wildman–Crippen MR) is 129 cm³/mol. The zero-order valence-electron chi connectivity index (χ0n) is 19.3. The van der Waals surface area contributed by atoms with Gasteiger partial charge in [-0.15, -0.1) is 0 Å². The van der Waals surface area contributed by atoms with Crippen LogP contribution >= 0.6 is 0 Å². The van der Waals surface area contributed by atoms with Crippen LogP contribution in [0.25, 0.3) is 0 Å². The van der Waals surface area contributed by atoms with E-state index in [1.165, 1.54) is 22.3 Å². The van der Waals surface area contributed by atoms with E-state index in [1.807, 2.05) is 6.07 Å². The van der Waals surface area contributed by atoms with Crippen LogP contribution in [0.15, 0.2) is 66.7 Å². The van der Waals surface area contributed by atoms with Gasteiger partial charge in [0.25, 0.3) is 0 Å². The van der Waals surface area contributed by atoms with E-state index < -0.39 is 0 Å². The van der Waals surface area contributed by atoms with E-state index in [1.54, 1.807) is 21.3 Å². The van der Waals surface area contributed by atoms with Crippen molar-refractivity contribution in [2.24, 2.45) is 0 Å². The molecule has 32 heavy (non-hydrogen) atoms. The molecule has 0 saturated heterocycles. The third-order valence-electron chi connectivity index (χ3n) is 6.53. The average molecular weight is 432 g/mol. The second kappa shape index (κ2) is 10.6. The lowest BCUT2D eigenvalue weighted by molar-refractivity contribution is 0.354. The maximum atomic E-state index is 5.48. The fraction of sp³-hybridized carbons (Fsp3) is 0.357. The fourth-order valence-corrected chi connectivity index (χ4v) is 4.82. The number of methoxy groups -OCH3 is 3. The molecule has 0 aliphatic heterocycles. The first kappa shape index (κ1) is 22.2. The Morgan fingerprint density at radius 3 is 2.38 bits per heavy atom. The number of ether oxygens (including phenoxy) is 3. The third kappa shape index (κ3) is 5.08. The van der Waals surface area contributed by atoms with Crippen LogP contribution in [-0.2, 0) is 19.3 Å². The van der Waals surface area contributed by atoms with Crippen LogP contribution in [0.5, 0.6) is 17.2 Å². The predicted octanol–water partition coefficient (Wildman–Crippen LogP) is 5.19. The minimum atomic E-state index is 0.441. The summed E-state index contributed by atoms with van der Waals surface area (Å²) < 4.78 is 16.3. The highest BCUT2D eigenvalue weighted by molar-refractivity contribution is 5.43. The van der Waals surface area contributed by atoms with Gasteiger partial charge in [0.1, 0.15) is 5.75 Å². The molecular formula is C28H33NO3. The topological polar surface area (TPSA) is 39.7 Å². The number of aryl methyl sites for hydroxylation is 1. The van der Waals surface area contributed by atoms with E-state index in [4.69, 9.17) is 14.2 Å². The van der Waals surface area contributed by atoms with Crippen molar-refractivity contribution in [2.75, 3.05) is 27.9 Å². The molecule has 3 aromatic carbocycles. The van der Waals surface area contributed by atoms with Gasteiger partial charge in [-0.2, -0.15) is 0 Å². The van der Waals surface area contributed by atoms with Crippen molar-refractivity contribution in [1.82, 2.24) is 5.32 Å². The van der Waals surface area contributed by atoms with Crippen LogP contribution in [-0.4, -0.2) is 33.9 Å². The Morgan fingerprint density at radius 1 is 0.812 bits per heavy atom. The lowest BCUT2D eigenvalue weighted by Crippen LogP contribution is -2.40. The van der Waals surface area contributed by atoms with Crippen LogP contribution < -0.4 is 19.5 Å². The molecular weight excluding hydrogens is 398 g/mol. The quantitative estimate of drug-likeness (QED) is 0.506. The zero-order valence-corrected chi connectivity index (χ0v) is 19.3. The second-order valence-corrected chi connectivity index (χ2v) is 8.40. The van der Waals surface area contributed by atoms with Crippen molar-refractivity contribution in [3.63, 3.8) is 0 Å². The van der Waals surface area contributed by atoms with Crippen molar-refractivity contribution in [3.8, 4) is 17.2 Å². The number of hydrogen-bond acceptors (Lipinski definition) is 4. The van der Waals surface area contributed by atoms with E-state index in [-0.39, 0.29) is 0 Å². The Bertz CT molecular complexity index is 1020. The van der Waals surface area contributed by atoms with Crippen molar-refractivity contribution < 1.29 is 14.2 Å². The Balaban J connectivity index is 1.48. The van der Waals surface area contributed by atoms with Crippen LogP contribution in [0.4, 0.5) is 0 Å². The summed E-state index contributed by atoms with van der Waals surface area (Å²) >= 11 is 0. The minimum Gasteiger partial charge on any atom is -0.497 e. The van der Waals surface area contributed by atoms with Gasteiger partial charge < -0.3 is 19.5 Å². The monoisotopic (exact) mass is 431 g/mol. The summed E-state index contributed by atoms with van der Waals surface area (Å²) in [6.45, 7) is 0.928. The molecule has 0 spiro atoms. The van der Waals surface area contributed by atoms with E-state index >= 15 is 0 Å². The third-order valence-corrected chi connectivity index (χ3v) is 6.53. The molecule has 168 valence electrons. The van der Waals surface area contributed by atoms with E-state index in [9.17, 15) is 0 Å². The summed E-state index contributed by atoms with van der Waals surface area (Å²) in [4.78, 5) is 0. The molecule has 0 heterocycles. The second-order valence-electron chi connectivity index (χ2n) is 8.40. The summed E-state index contributed by atoms with van der Waals surface area (Å²) in [5.41, 5.74) is 5.50. The largest absolute Gasteiger partial charge is 0.497 e. The highest BCUT2D eigenvalue weighted by atomic mass is 16.5. The molecule has 1 aliphatic rings. The van der Waals surface area contributed by atoms with E-state index in [0.29, 0.717) is 12.0 Å². The Labute approximate surface area is 191 Å². The summed E-state index contributed by atoms with van der Waals surface area (Å²) in [5, 5.41) is 3.87. The molecule has 1 aliphatic carbocycles. The van der Waals surface area contributed by atoms with Crippen molar-refractivity contribution in [1.29, 1.82) is 0 Å². The Hall–Kier alpha value is -2.98. The Kier molecular flexibility index (Phi) is 7.33. The fourth-order valence-electron chi connectivity index (χ4n) is 4.82. The van der Waals surface area contributed by atoms with Gasteiger partial charge in [-0.1, -0.05) is 42.5 Å². The van der Waals surface area contributed by atoms with Gasteiger partial charge in [-0.05, 0) is 78.7 Å². The number of benzene rings is 3. The van der Waals surface area contributed by atoms with Gasteiger partial charge in [0, 0.05) is 12.0 Å². The van der Waals surface area contributed by atoms with Gasteiger partial charge in [0.15, 0.2) is 11.5 Å². The number of hydrogen-bond donors (Lipinski definition) is 1. The molecule has 0 aromatic heterocycles. The lowest BCUT2D eigenvalue weighted by atomic mass is 9.76. The molecule has 2 unspecified atom stereocenters. The van der Waals surface area contributed by atoms with Gasteiger partial charge in [0.2, 0.25) is 0 Å². The summed E-state index contributed by atoms with van der Waals surface area (Å²) in [6, 6.07) is 24.0. The first-order valence-corrected chi connectivity index (χ1v) is 11.4. The molecule has 0 amide bonds. The maximum Gasteiger partial charge on any atom is 0.160 e. The average Bonchev–Trinajstić information content (AvgIpc) is 2.85. The van der Waals surface area contributed by atoms with Crippen LogP contribution in [0.3, 0.4) is 0 Å². The molecule has 0 fully saturated rings. The highest BCUT2D eigenvalue weighted by Crippen LogP contribution is 2.36. The molecule has 0 bridgehead atoms. The van der Waals surface area contributed by atoms with Crippen molar-refractivity contribution >= 4 is 0 Å². The van der Waals surface area contributed by atoms with Crippen molar-refractivity contribution in [3.05, 3.63) is 89.0 Å². The summed E-state index contributed by atoms with van der Waals surface area (Å²) in [7, 11) is 5.09. The smallest absolute Gasteiger partial charge is 0.160 e. The number of rotatable bonds is 9. The van der Waals surface area contributed by atoms with Crippen LogP contribution in [0.2, 0.25) is 0 Å². The van der Waals surface area contributed by atoms with Gasteiger partial charge in [0.05, 0.1) is 21.3 Å². The minimum absolute atomic E-state index is 0.441. The molecule has 4 nitrogen and oxygen atoms in total. The van der Waals surface area contributed by atoms with E-state index in [0.717, 1.165) is 49.5 Å². The van der Waals surface area contributed by atoms with E-state index in [2.05, 4.69) is 66.0 Å². The van der Waals surface area contributed by atoms with Gasteiger partial charge in [-0.3, -0.25) is 0 Å². The maximum absolute atomic E-state index is 5.48. The molecule has 4 rings (SSSR count). The lowest BCUT2D eigenvalue weighted by Gasteiger charge is -2.35. The molecule has 1 N–H and O–H groups in total. The van der Waals surface area contributed by atoms with Crippen LogP contribution in [0, 0.1) is 0 Å². The van der Waals surface area contributed by atoms with Gasteiger partial charge in [-0.25, -0.2) is 0 Å². The van der Waals surface area contributed by atoms with Crippen LogP contribution in [0.1, 0.15) is 34.6 Å². The molecule has 4 heteroatoms. The SMILES string of the molecule is COc1ccc2c(c1)CCC(NCCc1ccc(OC)c(OC)c1)C2Cc1ccccc1. The normalized spacial score (nSPS) is 17.5. The number of fused-ring (bicyclic) bond motifs is 1. The summed E-state index contributed by atoms with van der Waals surface area (Å²) in [6.07, 6.45) is 4.19.